The molecular formula is C18H19N3O3. The molecule has 0 radical (unpaired) electrons. The summed E-state index contributed by atoms with van der Waals surface area (Å²) in [4.78, 5) is 27.8. The number of methoxy groups -OCH3 is 1. The summed E-state index contributed by atoms with van der Waals surface area (Å²) < 4.78 is 5.07. The van der Waals surface area contributed by atoms with Crippen molar-refractivity contribution in [1.29, 1.82) is 0 Å². The number of hydrogen-bond acceptors (Lipinski definition) is 4. The van der Waals surface area contributed by atoms with Crippen LogP contribution in [0.2, 0.25) is 0 Å². The molecular weight excluding hydrogens is 306 g/mol. The molecule has 0 saturated heterocycles. The lowest BCUT2D eigenvalue weighted by atomic mass is 10.2. The van der Waals surface area contributed by atoms with E-state index in [1.807, 2.05) is 24.3 Å². The maximum atomic E-state index is 12.0. The van der Waals surface area contributed by atoms with Gasteiger partial charge in [-0.05, 0) is 42.8 Å². The van der Waals surface area contributed by atoms with Crippen LogP contribution in [0.1, 0.15) is 12.5 Å². The fourth-order valence-corrected chi connectivity index (χ4v) is 1.90. The highest BCUT2D eigenvalue weighted by molar-refractivity contribution is 5.99. The molecule has 2 amide bonds. The lowest BCUT2D eigenvalue weighted by Gasteiger charge is -2.12. The summed E-state index contributed by atoms with van der Waals surface area (Å²) in [6, 6.07) is 9.98. The Hall–Kier alpha value is -3.15. The number of anilines is 1. The Kier molecular flexibility index (Phi) is 6.08. The van der Waals surface area contributed by atoms with Crippen molar-refractivity contribution in [2.75, 3.05) is 12.4 Å². The van der Waals surface area contributed by atoms with Crippen LogP contribution in [0.15, 0.2) is 54.9 Å². The predicted molar refractivity (Wildman–Crippen MR) is 92.5 cm³/mol. The number of nitrogens with zero attached hydrogens (tertiary/aromatic N) is 1. The van der Waals surface area contributed by atoms with Gasteiger partial charge in [0.1, 0.15) is 11.8 Å². The van der Waals surface area contributed by atoms with Gasteiger partial charge >= 0.3 is 0 Å². The predicted octanol–water partition coefficient (Wildman–Crippen LogP) is 2.25. The molecule has 2 N–H and O–H groups in total. The summed E-state index contributed by atoms with van der Waals surface area (Å²) in [6.45, 7) is 1.62. The van der Waals surface area contributed by atoms with E-state index < -0.39 is 6.04 Å². The van der Waals surface area contributed by atoms with Gasteiger partial charge in [-0.15, -0.1) is 0 Å². The van der Waals surface area contributed by atoms with Gasteiger partial charge in [-0.25, -0.2) is 0 Å². The molecule has 124 valence electrons. The SMILES string of the molecule is COc1ccc(/C=C\C(=O)N[C@@H](C)C(=O)Nc2ccncc2)cc1. The second-order valence-corrected chi connectivity index (χ2v) is 5.06. The van der Waals surface area contributed by atoms with Gasteiger partial charge in [-0.1, -0.05) is 12.1 Å². The molecule has 0 aliphatic carbocycles. The molecule has 1 atom stereocenters. The van der Waals surface area contributed by atoms with Crippen molar-refractivity contribution in [3.8, 4) is 5.75 Å². The van der Waals surface area contributed by atoms with Crippen LogP contribution in [-0.4, -0.2) is 29.9 Å². The van der Waals surface area contributed by atoms with Crippen molar-refractivity contribution in [2.45, 2.75) is 13.0 Å². The first-order chi connectivity index (χ1) is 11.6. The molecule has 1 heterocycles. The van der Waals surface area contributed by atoms with E-state index >= 15 is 0 Å². The van der Waals surface area contributed by atoms with Crippen LogP contribution in [0.5, 0.6) is 5.75 Å². The van der Waals surface area contributed by atoms with Gasteiger partial charge in [0.15, 0.2) is 0 Å². The summed E-state index contributed by atoms with van der Waals surface area (Å²) in [5, 5.41) is 5.32. The quantitative estimate of drug-likeness (QED) is 0.798. The first-order valence-electron chi connectivity index (χ1n) is 7.42. The fourth-order valence-electron chi connectivity index (χ4n) is 1.90. The molecule has 1 aromatic heterocycles. The zero-order valence-corrected chi connectivity index (χ0v) is 13.5. The second-order valence-electron chi connectivity index (χ2n) is 5.06. The summed E-state index contributed by atoms with van der Waals surface area (Å²) in [5.74, 6) is 0.105. The Morgan fingerprint density at radius 3 is 2.42 bits per heavy atom. The van der Waals surface area contributed by atoms with E-state index in [9.17, 15) is 9.59 Å². The average Bonchev–Trinajstić information content (AvgIpc) is 2.61. The molecule has 0 aliphatic heterocycles. The topological polar surface area (TPSA) is 80.3 Å². The van der Waals surface area contributed by atoms with E-state index in [-0.39, 0.29) is 11.8 Å². The Morgan fingerprint density at radius 2 is 1.79 bits per heavy atom. The van der Waals surface area contributed by atoms with Crippen molar-refractivity contribution < 1.29 is 14.3 Å². The van der Waals surface area contributed by atoms with E-state index in [2.05, 4.69) is 15.6 Å². The Bertz CT molecular complexity index is 712. The third-order valence-corrected chi connectivity index (χ3v) is 3.24. The molecule has 0 saturated carbocycles. The number of aromatic nitrogens is 1. The largest absolute Gasteiger partial charge is 0.497 e. The van der Waals surface area contributed by atoms with Gasteiger partial charge in [-0.3, -0.25) is 14.6 Å². The number of pyridine rings is 1. The van der Waals surface area contributed by atoms with Crippen LogP contribution in [-0.2, 0) is 9.59 Å². The number of ether oxygens (including phenoxy) is 1. The van der Waals surface area contributed by atoms with Crippen molar-refractivity contribution >= 4 is 23.6 Å². The highest BCUT2D eigenvalue weighted by Gasteiger charge is 2.14. The van der Waals surface area contributed by atoms with E-state index in [1.165, 1.54) is 6.08 Å². The number of amides is 2. The molecule has 24 heavy (non-hydrogen) atoms. The third-order valence-electron chi connectivity index (χ3n) is 3.24. The van der Waals surface area contributed by atoms with E-state index in [0.717, 1.165) is 11.3 Å². The van der Waals surface area contributed by atoms with Gasteiger partial charge in [0.2, 0.25) is 11.8 Å². The molecule has 2 aromatic rings. The molecule has 0 aliphatic rings. The summed E-state index contributed by atoms with van der Waals surface area (Å²) in [7, 11) is 1.59. The Balaban J connectivity index is 1.86. The molecule has 2 rings (SSSR count). The number of carbonyl (C=O) groups excluding carboxylic acids is 2. The van der Waals surface area contributed by atoms with E-state index in [0.29, 0.717) is 5.69 Å². The summed E-state index contributed by atoms with van der Waals surface area (Å²) in [6.07, 6.45) is 6.22. The molecule has 0 bridgehead atoms. The maximum Gasteiger partial charge on any atom is 0.246 e. The van der Waals surface area contributed by atoms with Gasteiger partial charge in [0.25, 0.3) is 0 Å². The minimum absolute atomic E-state index is 0.299. The zero-order valence-electron chi connectivity index (χ0n) is 13.5. The maximum absolute atomic E-state index is 12.0. The van der Waals surface area contributed by atoms with Crippen molar-refractivity contribution in [1.82, 2.24) is 10.3 Å². The minimum atomic E-state index is -0.661. The van der Waals surface area contributed by atoms with Crippen LogP contribution in [0.3, 0.4) is 0 Å². The Labute approximate surface area is 140 Å². The lowest BCUT2D eigenvalue weighted by Crippen LogP contribution is -2.40. The van der Waals surface area contributed by atoms with Crippen molar-refractivity contribution in [3.05, 3.63) is 60.4 Å². The zero-order chi connectivity index (χ0) is 17.4. The average molecular weight is 325 g/mol. The normalized spacial score (nSPS) is 11.8. The molecule has 0 unspecified atom stereocenters. The van der Waals surface area contributed by atoms with Crippen molar-refractivity contribution in [2.24, 2.45) is 0 Å². The minimum Gasteiger partial charge on any atom is -0.497 e. The molecule has 6 nitrogen and oxygen atoms in total. The summed E-state index contributed by atoms with van der Waals surface area (Å²) >= 11 is 0. The fraction of sp³-hybridized carbons (Fsp3) is 0.167. The van der Waals surface area contributed by atoms with E-state index in [4.69, 9.17) is 4.74 Å². The molecule has 0 fully saturated rings. The van der Waals surface area contributed by atoms with Crippen LogP contribution < -0.4 is 15.4 Å². The first kappa shape index (κ1) is 17.2. The van der Waals surface area contributed by atoms with Gasteiger partial charge in [0, 0.05) is 24.2 Å². The number of nitrogens with one attached hydrogen (secondary N) is 2. The number of benzene rings is 1. The summed E-state index contributed by atoms with van der Waals surface area (Å²) in [5.41, 5.74) is 1.49. The van der Waals surface area contributed by atoms with Crippen LogP contribution in [0.25, 0.3) is 6.08 Å². The third kappa shape index (κ3) is 5.24. The number of rotatable bonds is 6. The Morgan fingerprint density at radius 1 is 1.12 bits per heavy atom. The first-order valence-corrected chi connectivity index (χ1v) is 7.42. The van der Waals surface area contributed by atoms with Crippen molar-refractivity contribution in [3.63, 3.8) is 0 Å². The van der Waals surface area contributed by atoms with Crippen LogP contribution in [0, 0.1) is 0 Å². The second kappa shape index (κ2) is 8.47. The smallest absolute Gasteiger partial charge is 0.246 e. The number of carbonyl (C=O) groups is 2. The highest BCUT2D eigenvalue weighted by Crippen LogP contribution is 2.12. The van der Waals surface area contributed by atoms with E-state index in [1.54, 1.807) is 44.6 Å². The standard InChI is InChI=1S/C18H19N3O3/c1-13(18(23)21-15-9-11-19-12-10-15)20-17(22)8-5-14-3-6-16(24-2)7-4-14/h3-13H,1-2H3,(H,20,22)(H,19,21,23)/b8-5-/t13-/m0/s1. The van der Waals surface area contributed by atoms with Gasteiger partial charge < -0.3 is 15.4 Å². The van der Waals surface area contributed by atoms with Crippen LogP contribution in [0.4, 0.5) is 5.69 Å². The number of hydrogen-bond donors (Lipinski definition) is 2. The molecule has 6 heteroatoms. The van der Waals surface area contributed by atoms with Gasteiger partial charge in [-0.2, -0.15) is 0 Å². The van der Waals surface area contributed by atoms with Crippen LogP contribution >= 0.6 is 0 Å². The lowest BCUT2D eigenvalue weighted by molar-refractivity contribution is -0.123. The molecule has 1 aromatic carbocycles. The van der Waals surface area contributed by atoms with Gasteiger partial charge in [0.05, 0.1) is 7.11 Å². The highest BCUT2D eigenvalue weighted by atomic mass is 16.5. The molecule has 0 spiro atoms. The monoisotopic (exact) mass is 325 g/mol.